The van der Waals surface area contributed by atoms with Gasteiger partial charge in [-0.1, -0.05) is 31.9 Å². The van der Waals surface area contributed by atoms with Crippen LogP contribution in [-0.2, 0) is 0 Å². The van der Waals surface area contributed by atoms with Crippen molar-refractivity contribution in [1.82, 2.24) is 0 Å². The predicted molar refractivity (Wildman–Crippen MR) is 49.3 cm³/mol. The fourth-order valence-corrected chi connectivity index (χ4v) is 0.679. The Morgan fingerprint density at radius 2 is 1.89 bits per heavy atom. The van der Waals surface area contributed by atoms with Gasteiger partial charge < -0.3 is 0 Å². The lowest BCUT2D eigenvalue weighted by atomic mass is 10.2. The summed E-state index contributed by atoms with van der Waals surface area (Å²) in [5, 5.41) is 0. The van der Waals surface area contributed by atoms with Crippen LogP contribution >= 0.6 is 17.0 Å². The van der Waals surface area contributed by atoms with Crippen molar-refractivity contribution in [3.63, 3.8) is 0 Å². The van der Waals surface area contributed by atoms with Gasteiger partial charge in [-0.3, -0.25) is 0 Å². The van der Waals surface area contributed by atoms with Crippen LogP contribution in [0.4, 0.5) is 0 Å². The molecule has 9 heavy (non-hydrogen) atoms. The van der Waals surface area contributed by atoms with Crippen LogP contribution in [0.2, 0.25) is 0 Å². The fraction of sp³-hybridized carbons (Fsp3) is 0.750. The average molecular weight is 193 g/mol. The lowest BCUT2D eigenvalue weighted by Gasteiger charge is -1.88. The van der Waals surface area contributed by atoms with Crippen molar-refractivity contribution in [2.45, 2.75) is 39.5 Å². The third-order valence-corrected chi connectivity index (χ3v) is 1.21. The zero-order valence-corrected chi connectivity index (χ0v) is 8.10. The third kappa shape index (κ3) is 11.7. The van der Waals surface area contributed by atoms with Crippen molar-refractivity contribution in [3.8, 4) is 0 Å². The van der Waals surface area contributed by atoms with Crippen LogP contribution in [0.5, 0.6) is 0 Å². The summed E-state index contributed by atoms with van der Waals surface area (Å²) in [6.45, 7) is 4.31. The molecular formula is C8H17Br. The van der Waals surface area contributed by atoms with E-state index >= 15 is 0 Å². The second kappa shape index (κ2) is 11.1. The molecule has 0 unspecified atom stereocenters. The van der Waals surface area contributed by atoms with Gasteiger partial charge in [0, 0.05) is 0 Å². The smallest absolute Gasteiger partial charge is 0.0351 e. The van der Waals surface area contributed by atoms with Crippen molar-refractivity contribution in [3.05, 3.63) is 12.2 Å². The molecule has 0 aromatic rings. The molecule has 0 nitrogen and oxygen atoms in total. The molecule has 0 aliphatic rings. The summed E-state index contributed by atoms with van der Waals surface area (Å²) in [5.41, 5.74) is 0. The van der Waals surface area contributed by atoms with Crippen molar-refractivity contribution in [2.24, 2.45) is 0 Å². The molecule has 0 saturated heterocycles. The largest absolute Gasteiger partial charge is 0.114 e. The summed E-state index contributed by atoms with van der Waals surface area (Å²) in [6.07, 6.45) is 9.69. The monoisotopic (exact) mass is 192 g/mol. The second-order valence-corrected chi connectivity index (χ2v) is 2.06. The molecule has 1 heteroatoms. The molecule has 0 amide bonds. The van der Waals surface area contributed by atoms with Gasteiger partial charge in [0.25, 0.3) is 0 Å². The first-order valence-corrected chi connectivity index (χ1v) is 3.53. The van der Waals surface area contributed by atoms with Gasteiger partial charge in [0.05, 0.1) is 0 Å². The minimum absolute atomic E-state index is 0. The highest BCUT2D eigenvalue weighted by Crippen LogP contribution is 1.98. The Labute approximate surface area is 69.1 Å². The SMILES string of the molecule is Br.CC=CCCCCC. The molecule has 0 fully saturated rings. The van der Waals surface area contributed by atoms with E-state index in [1.54, 1.807) is 0 Å². The van der Waals surface area contributed by atoms with E-state index in [1.165, 1.54) is 25.7 Å². The first-order valence-electron chi connectivity index (χ1n) is 3.53. The van der Waals surface area contributed by atoms with Crippen LogP contribution in [0.1, 0.15) is 39.5 Å². The van der Waals surface area contributed by atoms with Crippen LogP contribution in [0.15, 0.2) is 12.2 Å². The summed E-state index contributed by atoms with van der Waals surface area (Å²) in [7, 11) is 0. The number of hydrogen-bond donors (Lipinski definition) is 0. The zero-order valence-electron chi connectivity index (χ0n) is 6.39. The van der Waals surface area contributed by atoms with Crippen LogP contribution in [-0.4, -0.2) is 0 Å². The second-order valence-electron chi connectivity index (χ2n) is 2.06. The third-order valence-electron chi connectivity index (χ3n) is 1.21. The summed E-state index contributed by atoms with van der Waals surface area (Å²) in [5.74, 6) is 0. The molecule has 0 radical (unpaired) electrons. The molecule has 0 aromatic carbocycles. The van der Waals surface area contributed by atoms with Crippen LogP contribution < -0.4 is 0 Å². The molecule has 0 rings (SSSR count). The quantitative estimate of drug-likeness (QED) is 0.471. The lowest BCUT2D eigenvalue weighted by molar-refractivity contribution is 0.729. The van der Waals surface area contributed by atoms with Crippen LogP contribution in [0.25, 0.3) is 0 Å². The Balaban J connectivity index is 0. The molecule has 56 valence electrons. The van der Waals surface area contributed by atoms with E-state index in [0.29, 0.717) is 0 Å². The first-order chi connectivity index (χ1) is 3.91. The molecule has 0 N–H and O–H groups in total. The van der Waals surface area contributed by atoms with Gasteiger partial charge in [0.15, 0.2) is 0 Å². The number of rotatable bonds is 4. The van der Waals surface area contributed by atoms with Crippen LogP contribution in [0, 0.1) is 0 Å². The van der Waals surface area contributed by atoms with Gasteiger partial charge in [-0.2, -0.15) is 0 Å². The van der Waals surface area contributed by atoms with E-state index in [1.807, 2.05) is 0 Å². The summed E-state index contributed by atoms with van der Waals surface area (Å²) in [4.78, 5) is 0. The molecule has 0 bridgehead atoms. The minimum Gasteiger partial charge on any atom is -0.114 e. The Morgan fingerprint density at radius 1 is 1.22 bits per heavy atom. The average Bonchev–Trinajstić information content (AvgIpc) is 1.81. The van der Waals surface area contributed by atoms with Gasteiger partial charge >= 0.3 is 0 Å². The maximum absolute atomic E-state index is 2.23. The number of halogens is 1. The topological polar surface area (TPSA) is 0 Å². The summed E-state index contributed by atoms with van der Waals surface area (Å²) >= 11 is 0. The molecule has 0 atom stereocenters. The molecule has 0 aromatic heterocycles. The number of hydrogen-bond acceptors (Lipinski definition) is 0. The molecule has 0 heterocycles. The van der Waals surface area contributed by atoms with Gasteiger partial charge in [-0.15, -0.1) is 17.0 Å². The van der Waals surface area contributed by atoms with Gasteiger partial charge in [-0.05, 0) is 19.8 Å². The lowest BCUT2D eigenvalue weighted by Crippen LogP contribution is -1.68. The normalized spacial score (nSPS) is 9.56. The Kier molecular flexibility index (Phi) is 14.7. The highest BCUT2D eigenvalue weighted by molar-refractivity contribution is 8.93. The van der Waals surface area contributed by atoms with Crippen molar-refractivity contribution in [2.75, 3.05) is 0 Å². The van der Waals surface area contributed by atoms with Crippen molar-refractivity contribution in [1.29, 1.82) is 0 Å². The Bertz CT molecular complexity index is 57.6. The van der Waals surface area contributed by atoms with Crippen molar-refractivity contribution >= 4 is 17.0 Å². The Hall–Kier alpha value is 0.220. The van der Waals surface area contributed by atoms with E-state index in [4.69, 9.17) is 0 Å². The highest BCUT2D eigenvalue weighted by atomic mass is 79.9. The Morgan fingerprint density at radius 3 is 2.33 bits per heavy atom. The van der Waals surface area contributed by atoms with Gasteiger partial charge in [0.2, 0.25) is 0 Å². The van der Waals surface area contributed by atoms with Crippen LogP contribution in [0.3, 0.4) is 0 Å². The van der Waals surface area contributed by atoms with E-state index in [9.17, 15) is 0 Å². The maximum Gasteiger partial charge on any atom is -0.0351 e. The number of allylic oxidation sites excluding steroid dienone is 2. The highest BCUT2D eigenvalue weighted by Gasteiger charge is 1.78. The minimum atomic E-state index is 0. The maximum atomic E-state index is 2.23. The fourth-order valence-electron chi connectivity index (χ4n) is 0.679. The van der Waals surface area contributed by atoms with E-state index < -0.39 is 0 Å². The summed E-state index contributed by atoms with van der Waals surface area (Å²) < 4.78 is 0. The molecule has 0 saturated carbocycles. The first kappa shape index (κ1) is 12.0. The number of unbranched alkanes of at least 4 members (excludes halogenated alkanes) is 3. The molecule has 0 aliphatic carbocycles. The summed E-state index contributed by atoms with van der Waals surface area (Å²) in [6, 6.07) is 0. The zero-order chi connectivity index (χ0) is 6.24. The van der Waals surface area contributed by atoms with Crippen molar-refractivity contribution < 1.29 is 0 Å². The van der Waals surface area contributed by atoms with Gasteiger partial charge in [-0.25, -0.2) is 0 Å². The molecule has 0 aliphatic heterocycles. The molecule has 0 spiro atoms. The van der Waals surface area contributed by atoms with Gasteiger partial charge in [0.1, 0.15) is 0 Å². The van der Waals surface area contributed by atoms with E-state index in [2.05, 4.69) is 26.0 Å². The molecular weight excluding hydrogens is 176 g/mol. The van der Waals surface area contributed by atoms with E-state index in [0.717, 1.165) is 0 Å². The van der Waals surface area contributed by atoms with E-state index in [-0.39, 0.29) is 17.0 Å². The standard InChI is InChI=1S/C8H16.BrH/c1-3-5-7-8-6-4-2;/h3,5H,4,6-8H2,1-2H3;1H. The predicted octanol–water partition coefficient (Wildman–Crippen LogP) is 3.72.